The Morgan fingerprint density at radius 2 is 1.95 bits per heavy atom. The fraction of sp³-hybridized carbons (Fsp3) is 0.182. The normalized spacial score (nSPS) is 12.4. The van der Waals surface area contributed by atoms with E-state index in [0.717, 1.165) is 12.1 Å². The van der Waals surface area contributed by atoms with Gasteiger partial charge >= 0.3 is 6.18 Å². The molecule has 2 rings (SSSR count). The second kappa shape index (κ2) is 5.23. The lowest BCUT2D eigenvalue weighted by Gasteiger charge is -2.11. The van der Waals surface area contributed by atoms with Gasteiger partial charge in [-0.25, -0.2) is 8.42 Å². The fourth-order valence-corrected chi connectivity index (χ4v) is 2.80. The second-order valence-electron chi connectivity index (χ2n) is 4.18. The number of sulfonamides is 1. The Bertz CT molecular complexity index is 771. The van der Waals surface area contributed by atoms with Crippen LogP contribution in [-0.4, -0.2) is 18.6 Å². The molecule has 0 aliphatic heterocycles. The van der Waals surface area contributed by atoms with Crippen molar-refractivity contribution in [3.63, 3.8) is 0 Å². The number of hydrogen-bond donors (Lipinski definition) is 2. The Hall–Kier alpha value is -1.74. The molecule has 0 aliphatic carbocycles. The molecular weight excluding hydrogens is 331 g/mol. The molecule has 2 aromatic rings. The average Bonchev–Trinajstić information content (AvgIpc) is 2.72. The summed E-state index contributed by atoms with van der Waals surface area (Å²) in [6.07, 6.45) is -4.74. The maximum atomic E-state index is 12.7. The van der Waals surface area contributed by atoms with E-state index in [2.05, 4.69) is 14.9 Å². The highest BCUT2D eigenvalue weighted by atomic mass is 35.5. The van der Waals surface area contributed by atoms with E-state index >= 15 is 0 Å². The first kappa shape index (κ1) is 15.6. The number of aromatic nitrogens is 2. The number of rotatable bonds is 3. The van der Waals surface area contributed by atoms with Gasteiger partial charge < -0.3 is 0 Å². The van der Waals surface area contributed by atoms with Crippen LogP contribution in [0.5, 0.6) is 0 Å². The monoisotopic (exact) mass is 339 g/mol. The van der Waals surface area contributed by atoms with E-state index in [9.17, 15) is 21.6 Å². The van der Waals surface area contributed by atoms with Gasteiger partial charge in [-0.05, 0) is 25.1 Å². The minimum atomic E-state index is -4.74. The van der Waals surface area contributed by atoms with E-state index in [0.29, 0.717) is 11.8 Å². The third-order valence-corrected chi connectivity index (χ3v) is 4.18. The van der Waals surface area contributed by atoms with Gasteiger partial charge in [0.1, 0.15) is 0 Å². The maximum Gasteiger partial charge on any atom is 0.417 e. The number of benzene rings is 1. The molecule has 21 heavy (non-hydrogen) atoms. The van der Waals surface area contributed by atoms with Crippen molar-refractivity contribution >= 4 is 27.4 Å². The van der Waals surface area contributed by atoms with E-state index in [1.165, 1.54) is 6.07 Å². The van der Waals surface area contributed by atoms with Gasteiger partial charge in [-0.3, -0.25) is 9.82 Å². The van der Waals surface area contributed by atoms with E-state index < -0.39 is 31.7 Å². The molecule has 10 heteroatoms. The third-order valence-electron chi connectivity index (χ3n) is 2.50. The number of hydrogen-bond acceptors (Lipinski definition) is 3. The van der Waals surface area contributed by atoms with Crippen molar-refractivity contribution < 1.29 is 21.6 Å². The summed E-state index contributed by atoms with van der Waals surface area (Å²) in [5.41, 5.74) is -0.620. The number of nitrogens with one attached hydrogen (secondary N) is 2. The van der Waals surface area contributed by atoms with Crippen LogP contribution >= 0.6 is 11.6 Å². The third kappa shape index (κ3) is 3.48. The van der Waals surface area contributed by atoms with Gasteiger partial charge in [0.25, 0.3) is 10.0 Å². The molecule has 0 spiro atoms. The van der Waals surface area contributed by atoms with Crippen LogP contribution in [-0.2, 0) is 16.2 Å². The molecule has 114 valence electrons. The molecule has 0 amide bonds. The van der Waals surface area contributed by atoms with Crippen LogP contribution in [0, 0.1) is 6.92 Å². The highest BCUT2D eigenvalue weighted by molar-refractivity contribution is 7.92. The van der Waals surface area contributed by atoms with Crippen LogP contribution in [0.15, 0.2) is 29.2 Å². The first-order valence-electron chi connectivity index (χ1n) is 5.51. The number of H-pyrrole nitrogens is 1. The summed E-state index contributed by atoms with van der Waals surface area (Å²) < 4.78 is 64.3. The molecule has 0 saturated heterocycles. The van der Waals surface area contributed by atoms with Gasteiger partial charge in [-0.1, -0.05) is 11.6 Å². The fourth-order valence-electron chi connectivity index (χ4n) is 1.56. The van der Waals surface area contributed by atoms with Crippen molar-refractivity contribution in [1.82, 2.24) is 10.2 Å². The highest BCUT2D eigenvalue weighted by Gasteiger charge is 2.34. The minimum absolute atomic E-state index is 0.0176. The molecule has 0 saturated carbocycles. The molecule has 1 aromatic carbocycles. The molecule has 0 radical (unpaired) electrons. The van der Waals surface area contributed by atoms with Gasteiger partial charge in [-0.2, -0.15) is 18.3 Å². The molecule has 0 bridgehead atoms. The van der Waals surface area contributed by atoms with Gasteiger partial charge in [0.2, 0.25) is 0 Å². The van der Waals surface area contributed by atoms with Crippen molar-refractivity contribution in [2.45, 2.75) is 18.0 Å². The van der Waals surface area contributed by atoms with Crippen molar-refractivity contribution in [1.29, 1.82) is 0 Å². The number of aromatic amines is 1. The largest absolute Gasteiger partial charge is 0.417 e. The Morgan fingerprint density at radius 3 is 2.48 bits per heavy atom. The van der Waals surface area contributed by atoms with E-state index in [1.54, 1.807) is 6.92 Å². The second-order valence-corrected chi connectivity index (χ2v) is 6.27. The van der Waals surface area contributed by atoms with Gasteiger partial charge in [0.05, 0.1) is 15.5 Å². The molecule has 0 aliphatic rings. The van der Waals surface area contributed by atoms with Gasteiger partial charge in [0, 0.05) is 11.8 Å². The van der Waals surface area contributed by atoms with Crippen molar-refractivity contribution in [2.75, 3.05) is 4.72 Å². The van der Waals surface area contributed by atoms with Crippen LogP contribution in [0.4, 0.5) is 19.0 Å². The summed E-state index contributed by atoms with van der Waals surface area (Å²) in [7, 11) is -4.19. The Morgan fingerprint density at radius 1 is 1.29 bits per heavy atom. The summed E-state index contributed by atoms with van der Waals surface area (Å²) in [6, 6.07) is 3.75. The zero-order chi connectivity index (χ0) is 15.8. The average molecular weight is 340 g/mol. The summed E-state index contributed by atoms with van der Waals surface area (Å²) in [4.78, 5) is -0.556. The molecule has 1 aromatic heterocycles. The summed E-state index contributed by atoms with van der Waals surface area (Å²) >= 11 is 5.44. The molecule has 0 fully saturated rings. The van der Waals surface area contributed by atoms with E-state index in [-0.39, 0.29) is 5.82 Å². The van der Waals surface area contributed by atoms with E-state index in [1.807, 2.05) is 0 Å². The molecule has 2 N–H and O–H groups in total. The Kier molecular flexibility index (Phi) is 3.89. The van der Waals surface area contributed by atoms with Crippen LogP contribution in [0.2, 0.25) is 5.02 Å². The Labute approximate surface area is 123 Å². The SMILES string of the molecule is Cc1cc(NS(=O)(=O)c2ccc(Cl)c(C(F)(F)F)c2)n[nH]1. The molecule has 1 heterocycles. The Balaban J connectivity index is 2.41. The minimum Gasteiger partial charge on any atom is -0.281 e. The standard InChI is InChI=1S/C11H9ClF3N3O2S/c1-6-4-10(17-16-6)18-21(19,20)7-2-3-9(12)8(5-7)11(13,14)15/h2-5H,1H3,(H2,16,17,18). The molecular formula is C11H9ClF3N3O2S. The lowest BCUT2D eigenvalue weighted by Crippen LogP contribution is -2.15. The van der Waals surface area contributed by atoms with Crippen molar-refractivity contribution in [2.24, 2.45) is 0 Å². The van der Waals surface area contributed by atoms with Crippen LogP contribution in [0.25, 0.3) is 0 Å². The topological polar surface area (TPSA) is 74.8 Å². The van der Waals surface area contributed by atoms with Gasteiger partial charge in [-0.15, -0.1) is 0 Å². The summed E-state index contributed by atoms with van der Waals surface area (Å²) in [5.74, 6) is -0.0176. The summed E-state index contributed by atoms with van der Waals surface area (Å²) in [5, 5.41) is 5.59. The lowest BCUT2D eigenvalue weighted by molar-refractivity contribution is -0.137. The van der Waals surface area contributed by atoms with E-state index in [4.69, 9.17) is 11.6 Å². The number of halogens is 4. The van der Waals surface area contributed by atoms with Crippen LogP contribution < -0.4 is 4.72 Å². The number of alkyl halides is 3. The maximum absolute atomic E-state index is 12.7. The lowest BCUT2D eigenvalue weighted by atomic mass is 10.2. The molecule has 5 nitrogen and oxygen atoms in total. The van der Waals surface area contributed by atoms with Crippen LogP contribution in [0.1, 0.15) is 11.3 Å². The molecule has 0 unspecified atom stereocenters. The highest BCUT2D eigenvalue weighted by Crippen LogP contribution is 2.36. The number of aryl methyl sites for hydroxylation is 1. The number of anilines is 1. The van der Waals surface area contributed by atoms with Crippen LogP contribution in [0.3, 0.4) is 0 Å². The summed E-state index contributed by atoms with van der Waals surface area (Å²) in [6.45, 7) is 1.65. The number of nitrogens with zero attached hydrogens (tertiary/aromatic N) is 1. The van der Waals surface area contributed by atoms with Gasteiger partial charge in [0.15, 0.2) is 5.82 Å². The first-order chi connectivity index (χ1) is 9.59. The zero-order valence-corrected chi connectivity index (χ0v) is 12.1. The van der Waals surface area contributed by atoms with Crippen molar-refractivity contribution in [3.8, 4) is 0 Å². The quantitative estimate of drug-likeness (QED) is 0.901. The predicted octanol–water partition coefficient (Wildman–Crippen LogP) is 3.19. The smallest absolute Gasteiger partial charge is 0.281 e. The van der Waals surface area contributed by atoms with Crippen molar-refractivity contribution in [3.05, 3.63) is 40.5 Å². The first-order valence-corrected chi connectivity index (χ1v) is 7.37. The predicted molar refractivity (Wildman–Crippen MR) is 70.6 cm³/mol. The zero-order valence-electron chi connectivity index (χ0n) is 10.5. The molecule has 0 atom stereocenters.